The first-order valence-electron chi connectivity index (χ1n) is 8.89. The third-order valence-corrected chi connectivity index (χ3v) is 5.24. The Kier molecular flexibility index (Phi) is 6.68. The average Bonchev–Trinajstić information content (AvgIpc) is 2.56. The Bertz CT molecular complexity index is 372. The molecule has 1 aliphatic heterocycles. The van der Waals surface area contributed by atoms with E-state index in [-0.39, 0.29) is 17.7 Å². The molecule has 0 aromatic heterocycles. The minimum Gasteiger partial charge on any atom is -0.359 e. The second kappa shape index (κ2) is 8.51. The predicted molar refractivity (Wildman–Crippen MR) is 87.5 cm³/mol. The Labute approximate surface area is 134 Å². The zero-order valence-electron chi connectivity index (χ0n) is 14.1. The van der Waals surface area contributed by atoms with Gasteiger partial charge in [0.2, 0.25) is 11.8 Å². The summed E-state index contributed by atoms with van der Waals surface area (Å²) in [6.07, 6.45) is 7.88. The number of piperidine rings is 1. The number of carbonyl (C=O) groups is 2. The fourth-order valence-corrected chi connectivity index (χ4v) is 3.87. The van der Waals surface area contributed by atoms with Crippen LogP contribution in [0.15, 0.2) is 0 Å². The SMILES string of the molecule is CCN(C(=O)CN1CCC(C(=O)NC)CC1)C1CCCCC1. The number of rotatable bonds is 5. The van der Waals surface area contributed by atoms with Gasteiger partial charge >= 0.3 is 0 Å². The average molecular weight is 309 g/mol. The smallest absolute Gasteiger partial charge is 0.236 e. The van der Waals surface area contributed by atoms with E-state index in [0.717, 1.165) is 32.5 Å². The van der Waals surface area contributed by atoms with E-state index in [1.807, 2.05) is 0 Å². The molecule has 2 aliphatic rings. The zero-order valence-corrected chi connectivity index (χ0v) is 14.1. The van der Waals surface area contributed by atoms with E-state index in [0.29, 0.717) is 12.6 Å². The highest BCUT2D eigenvalue weighted by Gasteiger charge is 2.28. The molecule has 22 heavy (non-hydrogen) atoms. The van der Waals surface area contributed by atoms with Crippen molar-refractivity contribution >= 4 is 11.8 Å². The van der Waals surface area contributed by atoms with Gasteiger partial charge in [0.05, 0.1) is 6.54 Å². The summed E-state index contributed by atoms with van der Waals surface area (Å²) in [7, 11) is 1.70. The Morgan fingerprint density at radius 1 is 1.09 bits per heavy atom. The highest BCUT2D eigenvalue weighted by Crippen LogP contribution is 2.23. The number of carbonyl (C=O) groups excluding carboxylic acids is 2. The second-order valence-electron chi connectivity index (χ2n) is 6.64. The summed E-state index contributed by atoms with van der Waals surface area (Å²) in [4.78, 5) is 28.6. The van der Waals surface area contributed by atoms with Crippen LogP contribution in [0.25, 0.3) is 0 Å². The Hall–Kier alpha value is -1.10. The lowest BCUT2D eigenvalue weighted by Crippen LogP contribution is -2.48. The molecule has 0 spiro atoms. The first-order valence-corrected chi connectivity index (χ1v) is 8.89. The van der Waals surface area contributed by atoms with Crippen LogP contribution in [0.3, 0.4) is 0 Å². The summed E-state index contributed by atoms with van der Waals surface area (Å²) in [5.74, 6) is 0.535. The van der Waals surface area contributed by atoms with Gasteiger partial charge < -0.3 is 10.2 Å². The normalized spacial score (nSPS) is 21.5. The van der Waals surface area contributed by atoms with Crippen molar-refractivity contribution in [2.75, 3.05) is 33.2 Å². The van der Waals surface area contributed by atoms with Crippen LogP contribution in [0, 0.1) is 5.92 Å². The van der Waals surface area contributed by atoms with Gasteiger partial charge in [-0.25, -0.2) is 0 Å². The van der Waals surface area contributed by atoms with E-state index in [2.05, 4.69) is 22.0 Å². The molecule has 1 saturated heterocycles. The second-order valence-corrected chi connectivity index (χ2v) is 6.64. The molecule has 0 aromatic rings. The number of likely N-dealkylation sites (N-methyl/N-ethyl adjacent to an activating group) is 1. The first kappa shape index (κ1) is 17.3. The van der Waals surface area contributed by atoms with Crippen molar-refractivity contribution in [3.63, 3.8) is 0 Å². The fourth-order valence-electron chi connectivity index (χ4n) is 3.87. The molecule has 126 valence electrons. The molecule has 1 aliphatic carbocycles. The van der Waals surface area contributed by atoms with Gasteiger partial charge in [0.15, 0.2) is 0 Å². The van der Waals surface area contributed by atoms with Gasteiger partial charge in [-0.1, -0.05) is 19.3 Å². The van der Waals surface area contributed by atoms with Crippen LogP contribution in [0.2, 0.25) is 0 Å². The van der Waals surface area contributed by atoms with Crippen LogP contribution in [-0.2, 0) is 9.59 Å². The van der Waals surface area contributed by atoms with Gasteiger partial charge in [0.1, 0.15) is 0 Å². The van der Waals surface area contributed by atoms with E-state index in [9.17, 15) is 9.59 Å². The van der Waals surface area contributed by atoms with Crippen molar-refractivity contribution in [2.24, 2.45) is 5.92 Å². The van der Waals surface area contributed by atoms with E-state index < -0.39 is 0 Å². The molecule has 0 unspecified atom stereocenters. The van der Waals surface area contributed by atoms with E-state index >= 15 is 0 Å². The molecule has 0 radical (unpaired) electrons. The topological polar surface area (TPSA) is 52.7 Å². The molecular weight excluding hydrogens is 278 g/mol. The number of amides is 2. The number of likely N-dealkylation sites (tertiary alicyclic amines) is 1. The maximum absolute atomic E-state index is 12.6. The maximum atomic E-state index is 12.6. The number of hydrogen-bond acceptors (Lipinski definition) is 3. The largest absolute Gasteiger partial charge is 0.359 e. The minimum atomic E-state index is 0.122. The third kappa shape index (κ3) is 4.45. The molecule has 1 heterocycles. The first-order chi connectivity index (χ1) is 10.7. The van der Waals surface area contributed by atoms with Crippen LogP contribution in [0.5, 0.6) is 0 Å². The zero-order chi connectivity index (χ0) is 15.9. The van der Waals surface area contributed by atoms with E-state index in [4.69, 9.17) is 0 Å². The van der Waals surface area contributed by atoms with Gasteiger partial charge in [0.25, 0.3) is 0 Å². The van der Waals surface area contributed by atoms with Crippen molar-refractivity contribution in [2.45, 2.75) is 57.9 Å². The Morgan fingerprint density at radius 2 is 1.73 bits per heavy atom. The molecule has 2 fully saturated rings. The van der Waals surface area contributed by atoms with Crippen LogP contribution in [-0.4, -0.2) is 60.9 Å². The predicted octanol–water partition coefficient (Wildman–Crippen LogP) is 1.63. The number of hydrogen-bond donors (Lipinski definition) is 1. The lowest BCUT2D eigenvalue weighted by molar-refractivity contribution is -0.135. The van der Waals surface area contributed by atoms with Crippen molar-refractivity contribution in [3.8, 4) is 0 Å². The monoisotopic (exact) mass is 309 g/mol. The lowest BCUT2D eigenvalue weighted by atomic mass is 9.94. The van der Waals surface area contributed by atoms with Gasteiger partial charge in [0, 0.05) is 25.6 Å². The molecule has 2 amide bonds. The lowest BCUT2D eigenvalue weighted by Gasteiger charge is -2.36. The quantitative estimate of drug-likeness (QED) is 0.840. The van der Waals surface area contributed by atoms with E-state index in [1.54, 1.807) is 7.05 Å². The molecule has 5 heteroatoms. The van der Waals surface area contributed by atoms with Crippen molar-refractivity contribution in [1.82, 2.24) is 15.1 Å². The van der Waals surface area contributed by atoms with Crippen molar-refractivity contribution in [3.05, 3.63) is 0 Å². The summed E-state index contributed by atoms with van der Waals surface area (Å²) in [5, 5.41) is 2.73. The molecule has 0 aromatic carbocycles. The van der Waals surface area contributed by atoms with Crippen molar-refractivity contribution < 1.29 is 9.59 Å². The van der Waals surface area contributed by atoms with Gasteiger partial charge in [-0.05, 0) is 45.7 Å². The molecular formula is C17H31N3O2. The number of nitrogens with one attached hydrogen (secondary N) is 1. The van der Waals surface area contributed by atoms with Crippen LogP contribution < -0.4 is 5.32 Å². The summed E-state index contributed by atoms with van der Waals surface area (Å²) >= 11 is 0. The van der Waals surface area contributed by atoms with Gasteiger partial charge in [-0.3, -0.25) is 14.5 Å². The summed E-state index contributed by atoms with van der Waals surface area (Å²) in [6, 6.07) is 0.453. The molecule has 0 atom stereocenters. The van der Waals surface area contributed by atoms with Gasteiger partial charge in [-0.15, -0.1) is 0 Å². The summed E-state index contributed by atoms with van der Waals surface area (Å²) in [6.45, 7) is 5.13. The minimum absolute atomic E-state index is 0.122. The van der Waals surface area contributed by atoms with E-state index in [1.165, 1.54) is 32.1 Å². The molecule has 1 N–H and O–H groups in total. The highest BCUT2D eigenvalue weighted by atomic mass is 16.2. The Morgan fingerprint density at radius 3 is 2.27 bits per heavy atom. The van der Waals surface area contributed by atoms with Crippen LogP contribution in [0.4, 0.5) is 0 Å². The third-order valence-electron chi connectivity index (χ3n) is 5.24. The summed E-state index contributed by atoms with van der Waals surface area (Å²) in [5.41, 5.74) is 0. The van der Waals surface area contributed by atoms with Crippen LogP contribution in [0.1, 0.15) is 51.9 Å². The molecule has 5 nitrogen and oxygen atoms in total. The molecule has 1 saturated carbocycles. The molecule has 0 bridgehead atoms. The summed E-state index contributed by atoms with van der Waals surface area (Å²) < 4.78 is 0. The van der Waals surface area contributed by atoms with Crippen LogP contribution >= 0.6 is 0 Å². The Balaban J connectivity index is 1.80. The fraction of sp³-hybridized carbons (Fsp3) is 0.882. The van der Waals surface area contributed by atoms with Crippen molar-refractivity contribution in [1.29, 1.82) is 0 Å². The standard InChI is InChI=1S/C17H31N3O2/c1-3-20(15-7-5-4-6-8-15)16(21)13-19-11-9-14(10-12-19)17(22)18-2/h14-15H,3-13H2,1-2H3,(H,18,22). The highest BCUT2D eigenvalue weighted by molar-refractivity contribution is 5.79. The number of nitrogens with zero attached hydrogens (tertiary/aromatic N) is 2. The maximum Gasteiger partial charge on any atom is 0.236 e. The van der Waals surface area contributed by atoms with Gasteiger partial charge in [-0.2, -0.15) is 0 Å². The molecule has 2 rings (SSSR count).